The van der Waals surface area contributed by atoms with Crippen molar-refractivity contribution in [2.45, 2.75) is 37.5 Å². The molecule has 0 aromatic heterocycles. The Balaban J connectivity index is 3.28. The van der Waals surface area contributed by atoms with Gasteiger partial charge in [0.05, 0.1) is 7.11 Å². The third kappa shape index (κ3) is 3.29. The maximum Gasteiger partial charge on any atom is 0.428 e. The van der Waals surface area contributed by atoms with Crippen molar-refractivity contribution in [3.8, 4) is 5.75 Å². The summed E-state index contributed by atoms with van der Waals surface area (Å²) in [5, 5.41) is 18.4. The van der Waals surface area contributed by atoms with E-state index in [0.717, 1.165) is 0 Å². The molecule has 4 nitrogen and oxygen atoms in total. The Kier molecular flexibility index (Phi) is 4.57. The Morgan fingerprint density at radius 1 is 1.24 bits per heavy atom. The first kappa shape index (κ1) is 17.3. The Labute approximate surface area is 120 Å². The fraction of sp³-hybridized carbons (Fsp3) is 0.500. The minimum absolute atomic E-state index is 0.331. The molecule has 0 bridgehead atoms. The fourth-order valence-electron chi connectivity index (χ4n) is 2.24. The highest BCUT2D eigenvalue weighted by atomic mass is 19.4. The number of alkyl halides is 3. The lowest BCUT2D eigenvalue weighted by molar-refractivity contribution is -0.265. The molecule has 1 aromatic rings. The first-order chi connectivity index (χ1) is 9.45. The van der Waals surface area contributed by atoms with Crippen LogP contribution in [0.3, 0.4) is 0 Å². The number of ether oxygens (including phenoxy) is 1. The molecule has 0 amide bonds. The van der Waals surface area contributed by atoms with Crippen molar-refractivity contribution in [1.29, 1.82) is 0 Å². The molecule has 0 saturated heterocycles. The van der Waals surface area contributed by atoms with Crippen molar-refractivity contribution in [3.63, 3.8) is 0 Å². The Hall–Kier alpha value is -1.76. The summed E-state index contributed by atoms with van der Waals surface area (Å²) in [4.78, 5) is 10.9. The lowest BCUT2D eigenvalue weighted by atomic mass is 9.74. The third-order valence-corrected chi connectivity index (χ3v) is 3.36. The van der Waals surface area contributed by atoms with Crippen molar-refractivity contribution in [1.82, 2.24) is 0 Å². The van der Waals surface area contributed by atoms with Gasteiger partial charge in [-0.3, -0.25) is 0 Å². The summed E-state index contributed by atoms with van der Waals surface area (Å²) < 4.78 is 43.8. The average molecular weight is 306 g/mol. The van der Waals surface area contributed by atoms with E-state index in [2.05, 4.69) is 0 Å². The highest BCUT2D eigenvalue weighted by Crippen LogP contribution is 2.43. The van der Waals surface area contributed by atoms with E-state index in [0.29, 0.717) is 11.3 Å². The molecule has 0 aliphatic rings. The van der Waals surface area contributed by atoms with Crippen LogP contribution in [0.15, 0.2) is 24.3 Å². The standard InChI is InChI=1S/C14H17F3O4/c1-12(2,9-6-4-5-7-10(9)21-3)8-13(20,11(18)19)14(15,16)17/h4-7,20H,8H2,1-3H3,(H,18,19). The zero-order valence-corrected chi connectivity index (χ0v) is 11.9. The monoisotopic (exact) mass is 306 g/mol. The lowest BCUT2D eigenvalue weighted by Crippen LogP contribution is -2.55. The highest BCUT2D eigenvalue weighted by Gasteiger charge is 2.62. The SMILES string of the molecule is COc1ccccc1C(C)(C)CC(O)(C(=O)O)C(F)(F)F. The number of halogens is 3. The Bertz CT molecular complexity index is 525. The molecule has 1 aromatic carbocycles. The zero-order valence-electron chi connectivity index (χ0n) is 11.9. The second kappa shape index (κ2) is 5.55. The van der Waals surface area contributed by atoms with Gasteiger partial charge < -0.3 is 14.9 Å². The van der Waals surface area contributed by atoms with Crippen LogP contribution in [0.2, 0.25) is 0 Å². The molecule has 7 heteroatoms. The predicted molar refractivity (Wildman–Crippen MR) is 69.3 cm³/mol. The van der Waals surface area contributed by atoms with E-state index in [1.54, 1.807) is 18.2 Å². The molecular weight excluding hydrogens is 289 g/mol. The number of hydrogen-bond donors (Lipinski definition) is 2. The van der Waals surface area contributed by atoms with E-state index in [1.165, 1.54) is 27.0 Å². The molecule has 0 fully saturated rings. The van der Waals surface area contributed by atoms with Gasteiger partial charge in [-0.25, -0.2) is 4.79 Å². The smallest absolute Gasteiger partial charge is 0.428 e. The van der Waals surface area contributed by atoms with Gasteiger partial charge in [0.2, 0.25) is 0 Å². The summed E-state index contributed by atoms with van der Waals surface area (Å²) >= 11 is 0. The maximum absolute atomic E-state index is 12.9. The minimum Gasteiger partial charge on any atom is -0.496 e. The molecule has 0 radical (unpaired) electrons. The second-order valence-electron chi connectivity index (χ2n) is 5.42. The van der Waals surface area contributed by atoms with Crippen LogP contribution in [-0.2, 0) is 10.2 Å². The Morgan fingerprint density at radius 3 is 2.19 bits per heavy atom. The summed E-state index contributed by atoms with van der Waals surface area (Å²) in [6, 6.07) is 6.35. The van der Waals surface area contributed by atoms with Crippen LogP contribution >= 0.6 is 0 Å². The van der Waals surface area contributed by atoms with Gasteiger partial charge in [0.25, 0.3) is 5.60 Å². The van der Waals surface area contributed by atoms with Crippen molar-refractivity contribution in [3.05, 3.63) is 29.8 Å². The van der Waals surface area contributed by atoms with E-state index >= 15 is 0 Å². The largest absolute Gasteiger partial charge is 0.496 e. The lowest BCUT2D eigenvalue weighted by Gasteiger charge is -2.35. The molecule has 21 heavy (non-hydrogen) atoms. The highest BCUT2D eigenvalue weighted by molar-refractivity contribution is 5.78. The van der Waals surface area contributed by atoms with Gasteiger partial charge in [-0.1, -0.05) is 32.0 Å². The van der Waals surface area contributed by atoms with Gasteiger partial charge in [-0.2, -0.15) is 13.2 Å². The summed E-state index contributed by atoms with van der Waals surface area (Å²) in [6.07, 6.45) is -6.31. The van der Waals surface area contributed by atoms with Gasteiger partial charge >= 0.3 is 12.1 Å². The van der Waals surface area contributed by atoms with Crippen LogP contribution in [0.5, 0.6) is 5.75 Å². The van der Waals surface area contributed by atoms with E-state index in [-0.39, 0.29) is 0 Å². The summed E-state index contributed by atoms with van der Waals surface area (Å²) in [5.74, 6) is -1.99. The van der Waals surface area contributed by atoms with Crippen molar-refractivity contribution >= 4 is 5.97 Å². The van der Waals surface area contributed by atoms with E-state index in [9.17, 15) is 23.1 Å². The molecule has 1 atom stereocenters. The molecule has 0 aliphatic carbocycles. The van der Waals surface area contributed by atoms with Crippen LogP contribution in [0, 0.1) is 0 Å². The van der Waals surface area contributed by atoms with Crippen molar-refractivity contribution in [2.75, 3.05) is 7.11 Å². The van der Waals surface area contributed by atoms with Crippen molar-refractivity contribution < 1.29 is 32.9 Å². The van der Waals surface area contributed by atoms with E-state index in [1.807, 2.05) is 0 Å². The number of aliphatic hydroxyl groups is 1. The third-order valence-electron chi connectivity index (χ3n) is 3.36. The van der Waals surface area contributed by atoms with Gasteiger partial charge in [-0.15, -0.1) is 0 Å². The molecule has 1 unspecified atom stereocenters. The number of methoxy groups -OCH3 is 1. The van der Waals surface area contributed by atoms with Gasteiger partial charge in [0.15, 0.2) is 0 Å². The topological polar surface area (TPSA) is 66.8 Å². The quantitative estimate of drug-likeness (QED) is 0.878. The fourth-order valence-corrected chi connectivity index (χ4v) is 2.24. The molecule has 0 spiro atoms. The number of benzene rings is 1. The molecule has 2 N–H and O–H groups in total. The van der Waals surface area contributed by atoms with Crippen LogP contribution < -0.4 is 4.74 Å². The zero-order chi connectivity index (χ0) is 16.5. The van der Waals surface area contributed by atoms with Crippen LogP contribution in [0.4, 0.5) is 13.2 Å². The Morgan fingerprint density at radius 2 is 1.76 bits per heavy atom. The van der Waals surface area contributed by atoms with Gasteiger partial charge in [-0.05, 0) is 17.0 Å². The average Bonchev–Trinajstić information content (AvgIpc) is 2.36. The summed E-state index contributed by atoms with van der Waals surface area (Å²) in [6.45, 7) is 2.84. The molecule has 0 aliphatic heterocycles. The first-order valence-corrected chi connectivity index (χ1v) is 6.12. The maximum atomic E-state index is 12.9. The molecule has 1 rings (SSSR count). The molecule has 0 saturated carbocycles. The number of carboxylic acid groups (broad SMARTS) is 1. The number of carbonyl (C=O) groups is 1. The molecular formula is C14H17F3O4. The number of hydrogen-bond acceptors (Lipinski definition) is 3. The number of aliphatic carboxylic acids is 1. The van der Waals surface area contributed by atoms with Crippen LogP contribution in [0.25, 0.3) is 0 Å². The van der Waals surface area contributed by atoms with Gasteiger partial charge in [0, 0.05) is 6.42 Å². The van der Waals surface area contributed by atoms with Crippen LogP contribution in [0.1, 0.15) is 25.8 Å². The minimum atomic E-state index is -5.28. The van der Waals surface area contributed by atoms with Gasteiger partial charge in [0.1, 0.15) is 5.75 Å². The van der Waals surface area contributed by atoms with E-state index < -0.39 is 29.6 Å². The second-order valence-corrected chi connectivity index (χ2v) is 5.42. The summed E-state index contributed by atoms with van der Waals surface area (Å²) in [7, 11) is 1.36. The number of para-hydroxylation sites is 1. The molecule has 118 valence electrons. The number of carboxylic acids is 1. The van der Waals surface area contributed by atoms with Crippen LogP contribution in [-0.4, -0.2) is 35.1 Å². The van der Waals surface area contributed by atoms with E-state index in [4.69, 9.17) is 9.84 Å². The predicted octanol–water partition coefficient (Wildman–Crippen LogP) is 2.74. The summed E-state index contributed by atoms with van der Waals surface area (Å²) in [5.41, 5.74) is -4.71. The first-order valence-electron chi connectivity index (χ1n) is 6.12. The van der Waals surface area contributed by atoms with Crippen molar-refractivity contribution in [2.24, 2.45) is 0 Å². The molecule has 0 heterocycles. The number of rotatable bonds is 5. The normalized spacial score (nSPS) is 15.4.